The molecule has 0 amide bonds. The van der Waals surface area contributed by atoms with Crippen molar-refractivity contribution < 1.29 is 19.0 Å². The van der Waals surface area contributed by atoms with Crippen molar-refractivity contribution in [3.8, 4) is 6.07 Å². The van der Waals surface area contributed by atoms with Gasteiger partial charge in [0.15, 0.2) is 17.7 Å². The van der Waals surface area contributed by atoms with E-state index in [0.717, 1.165) is 18.4 Å². The molecule has 1 aromatic heterocycles. The minimum Gasteiger partial charge on any atom is -0.507 e. The number of para-hydroxylation sites is 2. The number of aliphatic hydroxyl groups is 1. The normalized spacial score (nSPS) is 17.1. The van der Waals surface area contributed by atoms with Crippen molar-refractivity contribution in [2.75, 3.05) is 0 Å². The van der Waals surface area contributed by atoms with E-state index in [-0.39, 0.29) is 23.0 Å². The van der Waals surface area contributed by atoms with E-state index in [1.54, 1.807) is 18.2 Å². The molecular formula is C24H22FN3O3. The molecule has 31 heavy (non-hydrogen) atoms. The lowest BCUT2D eigenvalue weighted by Gasteiger charge is -2.29. The summed E-state index contributed by atoms with van der Waals surface area (Å²) in [5.74, 6) is -1.03. The second-order valence-electron chi connectivity index (χ2n) is 7.82. The number of aliphatic hydroxyl groups excluding tert-OH is 1. The Kier molecular flexibility index (Phi) is 5.47. The third kappa shape index (κ3) is 3.77. The Morgan fingerprint density at radius 3 is 2.55 bits per heavy atom. The summed E-state index contributed by atoms with van der Waals surface area (Å²) in [6, 6.07) is 15.1. The van der Waals surface area contributed by atoms with Crippen molar-refractivity contribution in [2.24, 2.45) is 0 Å². The van der Waals surface area contributed by atoms with Crippen molar-refractivity contribution in [3.63, 3.8) is 0 Å². The van der Waals surface area contributed by atoms with Gasteiger partial charge in [-0.05, 0) is 49.6 Å². The Labute approximate surface area is 179 Å². The van der Waals surface area contributed by atoms with Crippen LogP contribution in [0.2, 0.25) is 0 Å². The van der Waals surface area contributed by atoms with Gasteiger partial charge < -0.3 is 14.8 Å². The predicted molar refractivity (Wildman–Crippen MR) is 113 cm³/mol. The number of nitrogens with zero attached hydrogens (tertiary/aromatic N) is 2. The molecular weight excluding hydrogens is 397 g/mol. The first kappa shape index (κ1) is 20.6. The zero-order valence-corrected chi connectivity index (χ0v) is 17.1. The monoisotopic (exact) mass is 419 g/mol. The highest BCUT2D eigenvalue weighted by Gasteiger charge is 2.45. The van der Waals surface area contributed by atoms with Gasteiger partial charge in [-0.1, -0.05) is 37.1 Å². The van der Waals surface area contributed by atoms with Gasteiger partial charge in [-0.2, -0.15) is 5.26 Å². The van der Waals surface area contributed by atoms with Crippen LogP contribution < -0.4 is 0 Å². The van der Waals surface area contributed by atoms with E-state index >= 15 is 0 Å². The maximum atomic E-state index is 13.4. The number of carbonyl (C=O) groups excluding carboxylic acids is 1. The summed E-state index contributed by atoms with van der Waals surface area (Å²) in [6.07, 6.45) is 1.83. The van der Waals surface area contributed by atoms with Gasteiger partial charge >= 0.3 is 5.97 Å². The van der Waals surface area contributed by atoms with E-state index in [1.165, 1.54) is 19.1 Å². The second-order valence-corrected chi connectivity index (χ2v) is 7.82. The molecule has 6 nitrogen and oxygen atoms in total. The van der Waals surface area contributed by atoms with Crippen molar-refractivity contribution in [3.05, 3.63) is 71.5 Å². The minimum absolute atomic E-state index is 0.0845. The van der Waals surface area contributed by atoms with Crippen LogP contribution in [-0.2, 0) is 14.9 Å². The lowest BCUT2D eigenvalue weighted by atomic mass is 9.79. The summed E-state index contributed by atoms with van der Waals surface area (Å²) in [6.45, 7) is 1.51. The van der Waals surface area contributed by atoms with Gasteiger partial charge in [0.1, 0.15) is 17.5 Å². The molecule has 1 aliphatic rings. The fourth-order valence-corrected chi connectivity index (χ4v) is 4.19. The van der Waals surface area contributed by atoms with Gasteiger partial charge in [-0.3, -0.25) is 4.79 Å². The van der Waals surface area contributed by atoms with Crippen LogP contribution in [0, 0.1) is 17.1 Å². The number of nitrogens with one attached hydrogen (secondary N) is 1. The van der Waals surface area contributed by atoms with Crippen LogP contribution in [0.5, 0.6) is 0 Å². The Bertz CT molecular complexity index is 1150. The van der Waals surface area contributed by atoms with Crippen molar-refractivity contribution in [1.82, 2.24) is 9.97 Å². The number of imidazole rings is 1. The number of rotatable bonds is 5. The highest BCUT2D eigenvalue weighted by atomic mass is 19.1. The SMILES string of the molecule is C[C@@H](OC(=O)C1(c2ccc(F)cc2)CCCC1)/C(O)=C(\C#N)c1nc2ccccc2[nH]1. The molecule has 1 heterocycles. The fourth-order valence-electron chi connectivity index (χ4n) is 4.19. The van der Waals surface area contributed by atoms with E-state index in [2.05, 4.69) is 9.97 Å². The lowest BCUT2D eigenvalue weighted by Crippen LogP contribution is -2.37. The molecule has 4 rings (SSSR count). The lowest BCUT2D eigenvalue weighted by molar-refractivity contribution is -0.154. The van der Waals surface area contributed by atoms with Crippen LogP contribution in [0.15, 0.2) is 54.3 Å². The standard InChI is InChI=1S/C24H22FN3O3/c1-15(21(29)18(14-26)22-27-19-6-2-3-7-20(19)28-22)31-23(30)24(12-4-5-13-24)16-8-10-17(25)11-9-16/h2-3,6-11,15,29H,4-5,12-13H2,1H3,(H,27,28)/b21-18-/t15-/m1/s1. The Balaban J connectivity index is 1.62. The second kappa shape index (κ2) is 8.23. The van der Waals surface area contributed by atoms with Crippen LogP contribution in [0.1, 0.15) is 44.0 Å². The van der Waals surface area contributed by atoms with Crippen LogP contribution >= 0.6 is 0 Å². The zero-order valence-electron chi connectivity index (χ0n) is 17.1. The summed E-state index contributed by atoms with van der Waals surface area (Å²) in [5.41, 5.74) is 1.12. The first-order valence-electron chi connectivity index (χ1n) is 10.2. The fraction of sp³-hybridized carbons (Fsp3) is 0.292. The molecule has 1 fully saturated rings. The molecule has 158 valence electrons. The van der Waals surface area contributed by atoms with Gasteiger partial charge in [-0.15, -0.1) is 0 Å². The molecule has 0 unspecified atom stereocenters. The molecule has 2 aromatic carbocycles. The number of allylic oxidation sites excluding steroid dienone is 1. The molecule has 1 atom stereocenters. The molecule has 0 aliphatic heterocycles. The third-order valence-corrected chi connectivity index (χ3v) is 5.91. The summed E-state index contributed by atoms with van der Waals surface area (Å²) in [7, 11) is 0. The van der Waals surface area contributed by atoms with Crippen LogP contribution in [0.3, 0.4) is 0 Å². The Morgan fingerprint density at radius 2 is 1.90 bits per heavy atom. The summed E-state index contributed by atoms with van der Waals surface area (Å²) in [5, 5.41) is 20.3. The molecule has 7 heteroatoms. The van der Waals surface area contributed by atoms with Gasteiger partial charge in [0.2, 0.25) is 0 Å². The number of aromatic nitrogens is 2. The van der Waals surface area contributed by atoms with Gasteiger partial charge in [-0.25, -0.2) is 9.37 Å². The molecule has 0 bridgehead atoms. The summed E-state index contributed by atoms with van der Waals surface area (Å²) in [4.78, 5) is 20.5. The number of nitriles is 1. The molecule has 1 saturated carbocycles. The Hall–Kier alpha value is -3.66. The average Bonchev–Trinajstić information content (AvgIpc) is 3.42. The van der Waals surface area contributed by atoms with Crippen LogP contribution in [0.4, 0.5) is 4.39 Å². The third-order valence-electron chi connectivity index (χ3n) is 5.91. The predicted octanol–water partition coefficient (Wildman–Crippen LogP) is 4.94. The molecule has 1 aliphatic carbocycles. The van der Waals surface area contributed by atoms with Gasteiger partial charge in [0.05, 0.1) is 16.4 Å². The molecule has 0 saturated heterocycles. The van der Waals surface area contributed by atoms with Crippen LogP contribution in [-0.4, -0.2) is 27.1 Å². The van der Waals surface area contributed by atoms with E-state index in [9.17, 15) is 19.6 Å². The summed E-state index contributed by atoms with van der Waals surface area (Å²) >= 11 is 0. The van der Waals surface area contributed by atoms with E-state index < -0.39 is 17.5 Å². The molecule has 0 radical (unpaired) electrons. The number of ether oxygens (including phenoxy) is 1. The van der Waals surface area contributed by atoms with Crippen LogP contribution in [0.25, 0.3) is 16.6 Å². The number of halogens is 1. The number of carbonyl (C=O) groups is 1. The number of hydrogen-bond donors (Lipinski definition) is 2. The quantitative estimate of drug-likeness (QED) is 0.347. The zero-order chi connectivity index (χ0) is 22.0. The number of aromatic amines is 1. The van der Waals surface area contributed by atoms with E-state index in [0.29, 0.717) is 23.9 Å². The van der Waals surface area contributed by atoms with Gasteiger partial charge in [0.25, 0.3) is 0 Å². The Morgan fingerprint density at radius 1 is 1.23 bits per heavy atom. The maximum absolute atomic E-state index is 13.4. The number of esters is 1. The van der Waals surface area contributed by atoms with Crippen molar-refractivity contribution in [2.45, 2.75) is 44.1 Å². The summed E-state index contributed by atoms with van der Waals surface area (Å²) < 4.78 is 19.0. The number of H-pyrrole nitrogens is 1. The molecule has 2 N–H and O–H groups in total. The van der Waals surface area contributed by atoms with Gasteiger partial charge in [0, 0.05) is 0 Å². The number of fused-ring (bicyclic) bond motifs is 1. The highest BCUT2D eigenvalue weighted by Crippen LogP contribution is 2.42. The minimum atomic E-state index is -1.05. The largest absolute Gasteiger partial charge is 0.507 e. The topological polar surface area (TPSA) is 99.0 Å². The number of hydrogen-bond acceptors (Lipinski definition) is 5. The molecule has 0 spiro atoms. The highest BCUT2D eigenvalue weighted by molar-refractivity contribution is 5.85. The maximum Gasteiger partial charge on any atom is 0.317 e. The smallest absolute Gasteiger partial charge is 0.317 e. The first-order chi connectivity index (χ1) is 14.9. The number of benzene rings is 2. The molecule has 3 aromatic rings. The van der Waals surface area contributed by atoms with Crippen molar-refractivity contribution >= 4 is 22.6 Å². The first-order valence-corrected chi connectivity index (χ1v) is 10.2. The average molecular weight is 419 g/mol. The van der Waals surface area contributed by atoms with E-state index in [1.807, 2.05) is 24.3 Å². The van der Waals surface area contributed by atoms with E-state index in [4.69, 9.17) is 4.74 Å². The van der Waals surface area contributed by atoms with Crippen molar-refractivity contribution in [1.29, 1.82) is 5.26 Å².